The minimum Gasteiger partial charge on any atom is -0.315 e. The first kappa shape index (κ1) is 6.70. The molecule has 0 heterocycles. The Morgan fingerprint density at radius 3 is 2.71 bits per heavy atom. The molecule has 0 saturated heterocycles. The van der Waals surface area contributed by atoms with Crippen molar-refractivity contribution in [2.45, 2.75) is 12.8 Å². The highest BCUT2D eigenvalue weighted by molar-refractivity contribution is 4.65. The Morgan fingerprint density at radius 2 is 2.29 bits per heavy atom. The molecule has 0 saturated carbocycles. The van der Waals surface area contributed by atoms with Crippen LogP contribution in [-0.2, 0) is 0 Å². The van der Waals surface area contributed by atoms with E-state index in [0.29, 0.717) is 0 Å². The summed E-state index contributed by atoms with van der Waals surface area (Å²) in [4.78, 5) is 0. The van der Waals surface area contributed by atoms with Gasteiger partial charge in [-0.15, -0.1) is 6.58 Å². The molecule has 0 fully saturated rings. The smallest absolute Gasteiger partial charge is 0.00767 e. The molecule has 0 rings (SSSR count). The summed E-state index contributed by atoms with van der Waals surface area (Å²) in [6.45, 7) is 4.58. The molecule has 0 amide bonds. The molecule has 0 aliphatic rings. The largest absolute Gasteiger partial charge is 0.315 e. The van der Waals surface area contributed by atoms with E-state index in [0.717, 1.165) is 19.4 Å². The summed E-state index contributed by atoms with van der Waals surface area (Å²) in [5.41, 5.74) is 0. The zero-order valence-electron chi connectivity index (χ0n) is 4.61. The lowest BCUT2D eigenvalue weighted by atomic mass is 10.3. The summed E-state index contributed by atoms with van der Waals surface area (Å²) in [5, 5.41) is 2.80. The zero-order valence-corrected chi connectivity index (χ0v) is 4.61. The molecule has 0 bridgehead atoms. The molecular formula is C6H12N. The maximum absolute atomic E-state index is 3.58. The lowest BCUT2D eigenvalue weighted by molar-refractivity contribution is 0.763. The van der Waals surface area contributed by atoms with Crippen LogP contribution in [0.5, 0.6) is 0 Å². The number of hydrogen-bond donors (Lipinski definition) is 1. The molecule has 0 aromatic carbocycles. The molecule has 0 aliphatic heterocycles. The molecule has 1 heteroatoms. The van der Waals surface area contributed by atoms with Crippen molar-refractivity contribution in [3.63, 3.8) is 0 Å². The van der Waals surface area contributed by atoms with Crippen LogP contribution < -0.4 is 5.32 Å². The monoisotopic (exact) mass is 98.1 g/mol. The second-order valence-electron chi connectivity index (χ2n) is 1.43. The van der Waals surface area contributed by atoms with Gasteiger partial charge in [-0.25, -0.2) is 0 Å². The van der Waals surface area contributed by atoms with Crippen molar-refractivity contribution in [1.29, 1.82) is 0 Å². The lowest BCUT2D eigenvalue weighted by Gasteiger charge is -1.90. The fraction of sp³-hybridized carbons (Fsp3) is 0.500. The summed E-state index contributed by atoms with van der Waals surface area (Å²) in [7, 11) is 3.47. The van der Waals surface area contributed by atoms with Crippen molar-refractivity contribution in [3.8, 4) is 0 Å². The van der Waals surface area contributed by atoms with Crippen LogP contribution in [0.2, 0.25) is 0 Å². The Hall–Kier alpha value is -0.300. The molecule has 0 aliphatic carbocycles. The Balaban J connectivity index is 2.56. The van der Waals surface area contributed by atoms with Crippen molar-refractivity contribution < 1.29 is 0 Å². The first-order chi connectivity index (χ1) is 3.41. The van der Waals surface area contributed by atoms with Crippen LogP contribution in [0.15, 0.2) is 12.7 Å². The van der Waals surface area contributed by atoms with E-state index >= 15 is 0 Å². The Bertz CT molecular complexity index is 41.4. The van der Waals surface area contributed by atoms with Gasteiger partial charge < -0.3 is 5.32 Å². The first-order valence-corrected chi connectivity index (χ1v) is 2.52. The Labute approximate surface area is 45.4 Å². The highest BCUT2D eigenvalue weighted by Gasteiger charge is 1.75. The van der Waals surface area contributed by atoms with E-state index in [1.54, 1.807) is 0 Å². The SMILES string of the molecule is [CH2]NCCCC=C. The van der Waals surface area contributed by atoms with Crippen LogP contribution >= 0.6 is 0 Å². The van der Waals surface area contributed by atoms with Gasteiger partial charge in [0.05, 0.1) is 0 Å². The zero-order chi connectivity index (χ0) is 5.54. The van der Waals surface area contributed by atoms with E-state index in [2.05, 4.69) is 18.9 Å². The number of allylic oxidation sites excluding steroid dienone is 1. The van der Waals surface area contributed by atoms with Gasteiger partial charge in [0.15, 0.2) is 0 Å². The third-order valence-corrected chi connectivity index (χ3v) is 0.762. The van der Waals surface area contributed by atoms with Gasteiger partial charge >= 0.3 is 0 Å². The van der Waals surface area contributed by atoms with Crippen LogP contribution in [0.1, 0.15) is 12.8 Å². The van der Waals surface area contributed by atoms with Gasteiger partial charge in [-0.05, 0) is 19.4 Å². The van der Waals surface area contributed by atoms with E-state index < -0.39 is 0 Å². The third-order valence-electron chi connectivity index (χ3n) is 0.762. The van der Waals surface area contributed by atoms with Gasteiger partial charge in [-0.2, -0.15) is 0 Å². The summed E-state index contributed by atoms with van der Waals surface area (Å²) in [6, 6.07) is 0. The quantitative estimate of drug-likeness (QED) is 0.413. The molecule has 7 heavy (non-hydrogen) atoms. The number of nitrogens with one attached hydrogen (secondary N) is 1. The third kappa shape index (κ3) is 5.70. The molecule has 0 spiro atoms. The maximum Gasteiger partial charge on any atom is 0.00767 e. The van der Waals surface area contributed by atoms with Gasteiger partial charge in [-0.1, -0.05) is 6.08 Å². The Morgan fingerprint density at radius 1 is 1.57 bits per heavy atom. The van der Waals surface area contributed by atoms with Crippen LogP contribution in [0.25, 0.3) is 0 Å². The lowest BCUT2D eigenvalue weighted by Crippen LogP contribution is -2.03. The molecule has 1 N–H and O–H groups in total. The van der Waals surface area contributed by atoms with E-state index in [1.807, 2.05) is 6.08 Å². The van der Waals surface area contributed by atoms with Gasteiger partial charge in [0.1, 0.15) is 0 Å². The van der Waals surface area contributed by atoms with E-state index in [4.69, 9.17) is 0 Å². The van der Waals surface area contributed by atoms with Crippen molar-refractivity contribution in [2.75, 3.05) is 6.54 Å². The first-order valence-electron chi connectivity index (χ1n) is 2.52. The molecule has 0 unspecified atom stereocenters. The van der Waals surface area contributed by atoms with Crippen LogP contribution in [0.4, 0.5) is 0 Å². The molecule has 1 radical (unpaired) electrons. The highest BCUT2D eigenvalue weighted by Crippen LogP contribution is 1.84. The summed E-state index contributed by atoms with van der Waals surface area (Å²) in [6.07, 6.45) is 4.15. The molecule has 41 valence electrons. The van der Waals surface area contributed by atoms with E-state index in [9.17, 15) is 0 Å². The summed E-state index contributed by atoms with van der Waals surface area (Å²) >= 11 is 0. The van der Waals surface area contributed by atoms with Gasteiger partial charge in [0, 0.05) is 7.05 Å². The number of rotatable bonds is 4. The predicted molar refractivity (Wildman–Crippen MR) is 32.8 cm³/mol. The van der Waals surface area contributed by atoms with Crippen molar-refractivity contribution in [2.24, 2.45) is 0 Å². The highest BCUT2D eigenvalue weighted by atomic mass is 14.8. The second-order valence-corrected chi connectivity index (χ2v) is 1.43. The molecule has 0 aromatic heterocycles. The average Bonchev–Trinajstić information content (AvgIpc) is 1.69. The molecule has 0 atom stereocenters. The molecule has 0 aromatic rings. The van der Waals surface area contributed by atoms with E-state index in [-0.39, 0.29) is 0 Å². The standard InChI is InChI=1S/C6H12N/c1-3-4-5-6-7-2/h3,7H,1-2,4-6H2. The normalized spacial score (nSPS) is 8.71. The number of hydrogen-bond acceptors (Lipinski definition) is 1. The molecule has 1 nitrogen and oxygen atoms in total. The van der Waals surface area contributed by atoms with Gasteiger partial charge in [-0.3, -0.25) is 0 Å². The van der Waals surface area contributed by atoms with Gasteiger partial charge in [0.25, 0.3) is 0 Å². The second kappa shape index (κ2) is 5.70. The number of unbranched alkanes of at least 4 members (excludes halogenated alkanes) is 1. The predicted octanol–water partition coefficient (Wildman–Crippen LogP) is 1.33. The van der Waals surface area contributed by atoms with Crippen LogP contribution in [0, 0.1) is 7.05 Å². The maximum atomic E-state index is 3.58. The minimum atomic E-state index is 0.992. The van der Waals surface area contributed by atoms with Crippen LogP contribution in [-0.4, -0.2) is 6.54 Å². The van der Waals surface area contributed by atoms with Crippen molar-refractivity contribution >= 4 is 0 Å². The topological polar surface area (TPSA) is 12.0 Å². The average molecular weight is 98.2 g/mol. The van der Waals surface area contributed by atoms with Crippen LogP contribution in [0.3, 0.4) is 0 Å². The van der Waals surface area contributed by atoms with Crippen molar-refractivity contribution in [1.82, 2.24) is 5.32 Å². The summed E-state index contributed by atoms with van der Waals surface area (Å²) in [5.74, 6) is 0. The van der Waals surface area contributed by atoms with Crippen molar-refractivity contribution in [3.05, 3.63) is 19.7 Å². The fourth-order valence-electron chi connectivity index (χ4n) is 0.371. The summed E-state index contributed by atoms with van der Waals surface area (Å²) < 4.78 is 0. The fourth-order valence-corrected chi connectivity index (χ4v) is 0.371. The Kier molecular flexibility index (Phi) is 5.46. The van der Waals surface area contributed by atoms with Gasteiger partial charge in [0.2, 0.25) is 0 Å². The minimum absolute atomic E-state index is 0.992. The van der Waals surface area contributed by atoms with E-state index in [1.165, 1.54) is 0 Å². The molecular weight excluding hydrogens is 86.1 g/mol.